The molecule has 0 aliphatic rings. The average Bonchev–Trinajstić information content (AvgIpc) is 1.86. The highest BCUT2D eigenvalue weighted by Crippen LogP contribution is 1.86. The highest BCUT2D eigenvalue weighted by molar-refractivity contribution is 5.80. The van der Waals surface area contributed by atoms with E-state index in [1.54, 1.807) is 0 Å². The molecule has 0 spiro atoms. The largest absolute Gasteiger partial charge is 0.369 e. The van der Waals surface area contributed by atoms with Crippen molar-refractivity contribution in [2.75, 3.05) is 6.54 Å². The fraction of sp³-hybridized carbons (Fsp3) is 0.200. The van der Waals surface area contributed by atoms with Crippen LogP contribution in [0.5, 0.6) is 0 Å². The second-order valence-electron chi connectivity index (χ2n) is 1.78. The van der Waals surface area contributed by atoms with E-state index in [9.17, 15) is 0 Å². The first-order chi connectivity index (χ1) is 5.07. The first kappa shape index (κ1) is 9.28. The molecule has 0 aliphatic heterocycles. The topological polar surface area (TPSA) is 118 Å². The number of hydrogen-bond donors (Lipinski definition) is 4. The molecular formula is C5H12N6. The van der Waals surface area contributed by atoms with E-state index in [2.05, 4.69) is 11.7 Å². The van der Waals surface area contributed by atoms with Crippen LogP contribution in [0.1, 0.15) is 0 Å². The van der Waals surface area contributed by atoms with Gasteiger partial charge in [0.25, 0.3) is 0 Å². The lowest BCUT2D eigenvalue weighted by Crippen LogP contribution is -2.36. The van der Waals surface area contributed by atoms with Gasteiger partial charge in [-0.15, -0.1) is 11.7 Å². The quantitative estimate of drug-likeness (QED) is 0.173. The fourth-order valence-corrected chi connectivity index (χ4v) is 0.455. The van der Waals surface area contributed by atoms with Crippen LogP contribution < -0.4 is 17.2 Å². The van der Waals surface area contributed by atoms with Crippen LogP contribution in [0.15, 0.2) is 17.8 Å². The molecule has 0 saturated heterocycles. The molecule has 0 rings (SSSR count). The maximum Gasteiger partial charge on any atom is 0.209 e. The third-order valence-electron chi connectivity index (χ3n) is 0.816. The van der Waals surface area contributed by atoms with E-state index in [-0.39, 0.29) is 11.9 Å². The third-order valence-corrected chi connectivity index (χ3v) is 0.816. The van der Waals surface area contributed by atoms with Gasteiger partial charge in [0.2, 0.25) is 11.9 Å². The van der Waals surface area contributed by atoms with Gasteiger partial charge in [-0.2, -0.15) is 0 Å². The lowest BCUT2D eigenvalue weighted by Gasteiger charge is -2.13. The minimum absolute atomic E-state index is 0.137. The van der Waals surface area contributed by atoms with Crippen LogP contribution in [0.3, 0.4) is 0 Å². The van der Waals surface area contributed by atoms with Crippen molar-refractivity contribution >= 4 is 11.9 Å². The number of hydrazone groups is 1. The Morgan fingerprint density at radius 1 is 1.55 bits per heavy atom. The van der Waals surface area contributed by atoms with Crippen LogP contribution in [0.2, 0.25) is 0 Å². The summed E-state index contributed by atoms with van der Waals surface area (Å²) in [6.07, 6.45) is 1.54. The van der Waals surface area contributed by atoms with Gasteiger partial charge >= 0.3 is 0 Å². The molecule has 0 aromatic carbocycles. The highest BCUT2D eigenvalue weighted by Gasteiger charge is 2.00. The smallest absolute Gasteiger partial charge is 0.209 e. The zero-order valence-corrected chi connectivity index (χ0v) is 6.12. The highest BCUT2D eigenvalue weighted by atomic mass is 15.5. The second kappa shape index (κ2) is 4.15. The van der Waals surface area contributed by atoms with Crippen LogP contribution in [0.25, 0.3) is 0 Å². The Kier molecular flexibility index (Phi) is 3.50. The van der Waals surface area contributed by atoms with Crippen molar-refractivity contribution in [3.63, 3.8) is 0 Å². The standard InChI is InChI=1S/C5H12N6/c1-2-3-11(5(8)9)10-4(6)7/h2H,1,3H2,(H3,8,9)(H4,6,7,10). The molecule has 0 bridgehead atoms. The number of hydrogen-bond acceptors (Lipinski definition) is 2. The molecule has 0 saturated carbocycles. The Labute approximate surface area is 64.8 Å². The monoisotopic (exact) mass is 156 g/mol. The van der Waals surface area contributed by atoms with Crippen molar-refractivity contribution in [1.82, 2.24) is 5.01 Å². The molecule has 0 radical (unpaired) electrons. The summed E-state index contributed by atoms with van der Waals surface area (Å²) in [7, 11) is 0. The van der Waals surface area contributed by atoms with Gasteiger partial charge in [0.15, 0.2) is 0 Å². The Hall–Kier alpha value is -1.72. The van der Waals surface area contributed by atoms with Gasteiger partial charge in [0, 0.05) is 0 Å². The van der Waals surface area contributed by atoms with Crippen LogP contribution in [-0.2, 0) is 0 Å². The van der Waals surface area contributed by atoms with Crippen molar-refractivity contribution in [2.24, 2.45) is 22.3 Å². The molecule has 0 heterocycles. The molecule has 6 heteroatoms. The SMILES string of the molecule is C=CCN(N=C(N)N)C(=N)N. The summed E-state index contributed by atoms with van der Waals surface area (Å²) in [6, 6.07) is 0. The van der Waals surface area contributed by atoms with Crippen molar-refractivity contribution < 1.29 is 0 Å². The summed E-state index contributed by atoms with van der Waals surface area (Å²) in [5, 5.41) is 11.7. The Bertz CT molecular complexity index is 179. The van der Waals surface area contributed by atoms with Crippen molar-refractivity contribution in [3.8, 4) is 0 Å². The van der Waals surface area contributed by atoms with Crippen molar-refractivity contribution in [2.45, 2.75) is 0 Å². The molecular weight excluding hydrogens is 144 g/mol. The van der Waals surface area contributed by atoms with Crippen LogP contribution in [0.4, 0.5) is 0 Å². The first-order valence-electron chi connectivity index (χ1n) is 2.90. The van der Waals surface area contributed by atoms with E-state index in [0.717, 1.165) is 5.01 Å². The first-order valence-corrected chi connectivity index (χ1v) is 2.90. The molecule has 0 unspecified atom stereocenters. The number of nitrogens with two attached hydrogens (primary N) is 3. The Morgan fingerprint density at radius 2 is 2.09 bits per heavy atom. The van der Waals surface area contributed by atoms with E-state index in [4.69, 9.17) is 22.6 Å². The molecule has 6 nitrogen and oxygen atoms in total. The van der Waals surface area contributed by atoms with Gasteiger partial charge in [0.1, 0.15) is 0 Å². The third kappa shape index (κ3) is 3.79. The zero-order chi connectivity index (χ0) is 8.85. The predicted octanol–water partition coefficient (Wildman–Crippen LogP) is -1.44. The second-order valence-corrected chi connectivity index (χ2v) is 1.78. The van der Waals surface area contributed by atoms with E-state index in [0.29, 0.717) is 6.54 Å². The van der Waals surface area contributed by atoms with Gasteiger partial charge in [0.05, 0.1) is 6.54 Å². The van der Waals surface area contributed by atoms with Gasteiger partial charge in [-0.25, -0.2) is 5.01 Å². The Morgan fingerprint density at radius 3 is 2.36 bits per heavy atom. The maximum atomic E-state index is 6.99. The average molecular weight is 156 g/mol. The van der Waals surface area contributed by atoms with Crippen molar-refractivity contribution in [3.05, 3.63) is 12.7 Å². The molecule has 0 aliphatic carbocycles. The van der Waals surface area contributed by atoms with E-state index < -0.39 is 0 Å². The van der Waals surface area contributed by atoms with Gasteiger partial charge in [-0.3, -0.25) is 5.41 Å². The number of guanidine groups is 2. The molecule has 0 atom stereocenters. The number of rotatable bonds is 3. The maximum absolute atomic E-state index is 6.99. The van der Waals surface area contributed by atoms with Crippen molar-refractivity contribution in [1.29, 1.82) is 5.41 Å². The van der Waals surface area contributed by atoms with Crippen LogP contribution in [-0.4, -0.2) is 23.5 Å². The summed E-state index contributed by atoms with van der Waals surface area (Å²) in [6.45, 7) is 3.76. The molecule has 0 aromatic heterocycles. The molecule has 0 fully saturated rings. The summed E-state index contributed by atoms with van der Waals surface area (Å²) in [5.41, 5.74) is 15.2. The van der Waals surface area contributed by atoms with Crippen LogP contribution >= 0.6 is 0 Å². The summed E-state index contributed by atoms with van der Waals surface area (Å²) >= 11 is 0. The van der Waals surface area contributed by atoms with Gasteiger partial charge < -0.3 is 17.2 Å². The molecule has 0 aromatic rings. The predicted molar refractivity (Wildman–Crippen MR) is 44.6 cm³/mol. The lowest BCUT2D eigenvalue weighted by atomic mass is 10.6. The van der Waals surface area contributed by atoms with Gasteiger partial charge in [-0.05, 0) is 0 Å². The number of nitrogens with zero attached hydrogens (tertiary/aromatic N) is 2. The van der Waals surface area contributed by atoms with E-state index in [1.165, 1.54) is 6.08 Å². The van der Waals surface area contributed by atoms with Gasteiger partial charge in [-0.1, -0.05) is 6.08 Å². The molecule has 62 valence electrons. The lowest BCUT2D eigenvalue weighted by molar-refractivity contribution is 0.483. The summed E-state index contributed by atoms with van der Waals surface area (Å²) < 4.78 is 0. The summed E-state index contributed by atoms with van der Waals surface area (Å²) in [4.78, 5) is 0. The zero-order valence-electron chi connectivity index (χ0n) is 6.12. The normalized spacial score (nSPS) is 8.36. The minimum Gasteiger partial charge on any atom is -0.369 e. The molecule has 7 N–H and O–H groups in total. The fourth-order valence-electron chi connectivity index (χ4n) is 0.455. The summed E-state index contributed by atoms with van der Waals surface area (Å²) in [5.74, 6) is -0.361. The Balaban J connectivity index is 4.22. The van der Waals surface area contributed by atoms with Crippen LogP contribution in [0, 0.1) is 5.41 Å². The molecule has 0 amide bonds. The molecule has 11 heavy (non-hydrogen) atoms. The van der Waals surface area contributed by atoms with E-state index >= 15 is 0 Å². The number of nitrogens with one attached hydrogen (secondary N) is 1. The minimum atomic E-state index is -0.224. The van der Waals surface area contributed by atoms with E-state index in [1.807, 2.05) is 0 Å².